The van der Waals surface area contributed by atoms with E-state index in [2.05, 4.69) is 14.9 Å². The number of nitrogens with zero attached hydrogens (tertiary/aromatic N) is 4. The molecule has 1 aliphatic heterocycles. The predicted octanol–water partition coefficient (Wildman–Crippen LogP) is 1.50. The van der Waals surface area contributed by atoms with Gasteiger partial charge in [0.1, 0.15) is 11.4 Å². The second-order valence-corrected chi connectivity index (χ2v) is 4.86. The van der Waals surface area contributed by atoms with Gasteiger partial charge in [-0.15, -0.1) is 0 Å². The molecule has 1 N–H and O–H groups in total. The van der Waals surface area contributed by atoms with E-state index in [0.29, 0.717) is 5.82 Å². The van der Waals surface area contributed by atoms with Gasteiger partial charge in [0.05, 0.1) is 0 Å². The number of anilines is 2. The lowest BCUT2D eigenvalue weighted by molar-refractivity contribution is 0.0697. The monoisotopic (exact) mass is 284 g/mol. The van der Waals surface area contributed by atoms with E-state index in [1.165, 1.54) is 0 Å². The van der Waals surface area contributed by atoms with Gasteiger partial charge in [-0.25, -0.2) is 9.78 Å². The Morgan fingerprint density at radius 1 is 1.00 bits per heavy atom. The summed E-state index contributed by atoms with van der Waals surface area (Å²) in [4.78, 5) is 23.8. The summed E-state index contributed by atoms with van der Waals surface area (Å²) in [6.45, 7) is 3.17. The Hall–Kier alpha value is -2.63. The van der Waals surface area contributed by atoms with Crippen LogP contribution in [-0.2, 0) is 0 Å². The van der Waals surface area contributed by atoms with Crippen LogP contribution in [0, 0.1) is 0 Å². The summed E-state index contributed by atoms with van der Waals surface area (Å²) in [7, 11) is 0. The van der Waals surface area contributed by atoms with Crippen molar-refractivity contribution in [3.63, 3.8) is 0 Å². The maximum atomic E-state index is 11.3. The van der Waals surface area contributed by atoms with Crippen LogP contribution in [0.2, 0.25) is 0 Å². The minimum atomic E-state index is -0.935. The van der Waals surface area contributed by atoms with E-state index in [1.807, 2.05) is 17.0 Å². The molecule has 0 saturated carbocycles. The first kappa shape index (κ1) is 13.4. The van der Waals surface area contributed by atoms with Crippen LogP contribution in [-0.4, -0.2) is 47.2 Å². The molecule has 3 rings (SSSR count). The average molecular weight is 284 g/mol. The van der Waals surface area contributed by atoms with Crippen LogP contribution in [0.1, 0.15) is 10.4 Å². The van der Waals surface area contributed by atoms with Crippen LogP contribution < -0.4 is 9.80 Å². The highest BCUT2D eigenvalue weighted by Gasteiger charge is 2.22. The number of rotatable bonds is 3. The average Bonchev–Trinajstić information content (AvgIpc) is 2.56. The molecule has 0 atom stereocenters. The summed E-state index contributed by atoms with van der Waals surface area (Å²) in [5, 5.41) is 9.24. The molecule has 2 aromatic heterocycles. The van der Waals surface area contributed by atoms with Crippen LogP contribution in [0.4, 0.5) is 11.5 Å². The van der Waals surface area contributed by atoms with E-state index >= 15 is 0 Å². The van der Waals surface area contributed by atoms with Crippen LogP contribution >= 0.6 is 0 Å². The van der Waals surface area contributed by atoms with Gasteiger partial charge in [0, 0.05) is 50.5 Å². The molecule has 0 unspecified atom stereocenters. The van der Waals surface area contributed by atoms with Crippen molar-refractivity contribution in [2.24, 2.45) is 0 Å². The maximum absolute atomic E-state index is 11.3. The van der Waals surface area contributed by atoms with Crippen molar-refractivity contribution < 1.29 is 9.90 Å². The van der Waals surface area contributed by atoms with Gasteiger partial charge in [-0.1, -0.05) is 0 Å². The highest BCUT2D eigenvalue weighted by atomic mass is 16.4. The Morgan fingerprint density at radius 2 is 1.67 bits per heavy atom. The highest BCUT2D eigenvalue weighted by molar-refractivity contribution is 5.93. The maximum Gasteiger partial charge on any atom is 0.339 e. The minimum absolute atomic E-state index is 0.259. The molecule has 6 heteroatoms. The summed E-state index contributed by atoms with van der Waals surface area (Å²) in [6, 6.07) is 7.22. The minimum Gasteiger partial charge on any atom is -0.478 e. The summed E-state index contributed by atoms with van der Waals surface area (Å²) in [5.41, 5.74) is 1.40. The molecule has 6 nitrogen and oxygen atoms in total. The lowest BCUT2D eigenvalue weighted by Crippen LogP contribution is -2.47. The van der Waals surface area contributed by atoms with Gasteiger partial charge < -0.3 is 14.9 Å². The smallest absolute Gasteiger partial charge is 0.339 e. The molecule has 0 spiro atoms. The third kappa shape index (κ3) is 2.79. The second-order valence-electron chi connectivity index (χ2n) is 4.86. The van der Waals surface area contributed by atoms with E-state index in [4.69, 9.17) is 0 Å². The largest absolute Gasteiger partial charge is 0.478 e. The summed E-state index contributed by atoms with van der Waals surface area (Å²) >= 11 is 0. The van der Waals surface area contributed by atoms with Gasteiger partial charge in [0.15, 0.2) is 0 Å². The van der Waals surface area contributed by atoms with Crippen LogP contribution in [0.3, 0.4) is 0 Å². The van der Waals surface area contributed by atoms with Gasteiger partial charge in [-0.05, 0) is 24.3 Å². The van der Waals surface area contributed by atoms with Gasteiger partial charge in [-0.3, -0.25) is 4.98 Å². The number of carboxylic acids is 1. The number of piperazine rings is 1. The molecular weight excluding hydrogens is 268 g/mol. The van der Waals surface area contributed by atoms with Crippen molar-refractivity contribution in [2.75, 3.05) is 36.0 Å². The Bertz CT molecular complexity index is 625. The van der Waals surface area contributed by atoms with E-state index in [9.17, 15) is 9.90 Å². The van der Waals surface area contributed by atoms with Crippen LogP contribution in [0.25, 0.3) is 0 Å². The van der Waals surface area contributed by atoms with E-state index in [-0.39, 0.29) is 5.56 Å². The number of aromatic nitrogens is 2. The third-order valence-electron chi connectivity index (χ3n) is 3.62. The fraction of sp³-hybridized carbons (Fsp3) is 0.267. The zero-order chi connectivity index (χ0) is 14.7. The van der Waals surface area contributed by atoms with Crippen LogP contribution in [0.15, 0.2) is 42.9 Å². The van der Waals surface area contributed by atoms with Crippen molar-refractivity contribution in [1.82, 2.24) is 9.97 Å². The van der Waals surface area contributed by atoms with Crippen molar-refractivity contribution in [3.8, 4) is 0 Å². The quantitative estimate of drug-likeness (QED) is 0.921. The SMILES string of the molecule is O=C(O)c1cccnc1N1CCN(c2ccncc2)CC1. The lowest BCUT2D eigenvalue weighted by atomic mass is 10.2. The molecule has 3 heterocycles. The van der Waals surface area contributed by atoms with Crippen LogP contribution in [0.5, 0.6) is 0 Å². The molecule has 0 amide bonds. The van der Waals surface area contributed by atoms with Crippen molar-refractivity contribution in [3.05, 3.63) is 48.4 Å². The zero-order valence-electron chi connectivity index (χ0n) is 11.5. The first-order chi connectivity index (χ1) is 10.3. The molecule has 1 saturated heterocycles. The molecule has 0 radical (unpaired) electrons. The molecule has 0 aliphatic carbocycles. The molecule has 21 heavy (non-hydrogen) atoms. The van der Waals surface area contributed by atoms with Gasteiger partial charge in [-0.2, -0.15) is 0 Å². The number of hydrogen-bond acceptors (Lipinski definition) is 5. The fourth-order valence-corrected chi connectivity index (χ4v) is 2.55. The Balaban J connectivity index is 1.73. The fourth-order valence-electron chi connectivity index (χ4n) is 2.55. The van der Waals surface area contributed by atoms with E-state index in [0.717, 1.165) is 31.9 Å². The second kappa shape index (κ2) is 5.78. The van der Waals surface area contributed by atoms with E-state index in [1.54, 1.807) is 30.7 Å². The first-order valence-corrected chi connectivity index (χ1v) is 6.84. The topological polar surface area (TPSA) is 69.6 Å². The number of aromatic carboxylic acids is 1. The molecular formula is C15H16N4O2. The standard InChI is InChI=1S/C15H16N4O2/c20-15(21)13-2-1-5-17-14(13)19-10-8-18(9-11-19)12-3-6-16-7-4-12/h1-7H,8-11H2,(H,20,21). The molecule has 0 aromatic carbocycles. The summed E-state index contributed by atoms with van der Waals surface area (Å²) in [5.74, 6) is -0.381. The normalized spacial score (nSPS) is 15.0. The molecule has 1 aliphatic rings. The number of hydrogen-bond donors (Lipinski definition) is 1. The van der Waals surface area contributed by atoms with Gasteiger partial charge in [0.2, 0.25) is 0 Å². The Kier molecular flexibility index (Phi) is 3.68. The van der Waals surface area contributed by atoms with Crippen molar-refractivity contribution in [2.45, 2.75) is 0 Å². The summed E-state index contributed by atoms with van der Waals surface area (Å²) in [6.07, 6.45) is 5.20. The Labute approximate surface area is 122 Å². The highest BCUT2D eigenvalue weighted by Crippen LogP contribution is 2.21. The number of carbonyl (C=O) groups is 1. The molecule has 0 bridgehead atoms. The third-order valence-corrected chi connectivity index (χ3v) is 3.62. The van der Waals surface area contributed by atoms with Gasteiger partial charge in [0.25, 0.3) is 0 Å². The van der Waals surface area contributed by atoms with Gasteiger partial charge >= 0.3 is 5.97 Å². The predicted molar refractivity (Wildman–Crippen MR) is 79.9 cm³/mol. The molecule has 1 fully saturated rings. The lowest BCUT2D eigenvalue weighted by Gasteiger charge is -2.37. The zero-order valence-corrected chi connectivity index (χ0v) is 11.5. The molecule has 108 valence electrons. The van der Waals surface area contributed by atoms with E-state index < -0.39 is 5.97 Å². The molecule has 2 aromatic rings. The first-order valence-electron chi connectivity index (χ1n) is 6.84. The van der Waals surface area contributed by atoms with Crippen molar-refractivity contribution >= 4 is 17.5 Å². The summed E-state index contributed by atoms with van der Waals surface area (Å²) < 4.78 is 0. The number of carboxylic acid groups (broad SMARTS) is 1. The number of pyridine rings is 2. The van der Waals surface area contributed by atoms with Crippen molar-refractivity contribution in [1.29, 1.82) is 0 Å². The Morgan fingerprint density at radius 3 is 2.33 bits per heavy atom.